The van der Waals surface area contributed by atoms with Crippen molar-refractivity contribution in [2.75, 3.05) is 13.1 Å². The van der Waals surface area contributed by atoms with E-state index in [1.165, 1.54) is 9.54 Å². The first kappa shape index (κ1) is 16.4. The van der Waals surface area contributed by atoms with Crippen LogP contribution in [0.4, 0.5) is 0 Å². The van der Waals surface area contributed by atoms with Crippen LogP contribution in [0.1, 0.15) is 36.8 Å². The minimum atomic E-state index is -3.59. The van der Waals surface area contributed by atoms with E-state index < -0.39 is 10.0 Å². The van der Waals surface area contributed by atoms with E-state index in [0.29, 0.717) is 16.7 Å². The van der Waals surface area contributed by atoms with Gasteiger partial charge in [-0.2, -0.15) is 0 Å². The van der Waals surface area contributed by atoms with Gasteiger partial charge < -0.3 is 5.32 Å². The van der Waals surface area contributed by atoms with Crippen molar-refractivity contribution in [3.63, 3.8) is 0 Å². The monoisotopic (exact) mass is 354 g/mol. The van der Waals surface area contributed by atoms with Crippen LogP contribution in [-0.4, -0.2) is 25.5 Å². The molecule has 1 aliphatic heterocycles. The molecule has 0 radical (unpaired) electrons. The number of nitrogens with one attached hydrogen (secondary N) is 1. The largest absolute Gasteiger partial charge is 0.315 e. The Morgan fingerprint density at radius 2 is 1.76 bits per heavy atom. The molecule has 2 aromatic carbocycles. The van der Waals surface area contributed by atoms with Gasteiger partial charge >= 0.3 is 0 Å². The maximum atomic E-state index is 13.0. The Hall–Kier alpha value is -2.11. The Balaban J connectivity index is 1.74. The van der Waals surface area contributed by atoms with Crippen LogP contribution in [0.25, 0.3) is 10.9 Å². The number of benzene rings is 2. The standard InChI is InChI=1S/C20H22N2O2S/c1-14(2)15-3-6-19(7-4-15)25(23,24)22-10-9-17-11-16(5-8-20(17)22)18-12-21-13-18/h3-11,14,18,21H,12-13H2,1-2H3. The minimum absolute atomic E-state index is 0.321. The predicted molar refractivity (Wildman–Crippen MR) is 101 cm³/mol. The number of rotatable bonds is 4. The Morgan fingerprint density at radius 1 is 1.04 bits per heavy atom. The van der Waals surface area contributed by atoms with Gasteiger partial charge in [-0.05, 0) is 47.4 Å². The molecule has 1 N–H and O–H groups in total. The Kier molecular flexibility index (Phi) is 3.93. The molecule has 0 atom stereocenters. The zero-order valence-corrected chi connectivity index (χ0v) is 15.3. The first-order valence-electron chi connectivity index (χ1n) is 8.64. The van der Waals surface area contributed by atoms with Crippen LogP contribution >= 0.6 is 0 Å². The molecule has 0 bridgehead atoms. The summed E-state index contributed by atoms with van der Waals surface area (Å²) in [4.78, 5) is 0.321. The second-order valence-corrected chi connectivity index (χ2v) is 8.83. The second-order valence-electron chi connectivity index (χ2n) is 7.01. The van der Waals surface area contributed by atoms with Crippen LogP contribution < -0.4 is 5.32 Å². The van der Waals surface area contributed by atoms with E-state index in [2.05, 4.69) is 25.2 Å². The van der Waals surface area contributed by atoms with Gasteiger partial charge in [0.05, 0.1) is 10.4 Å². The zero-order chi connectivity index (χ0) is 17.6. The average molecular weight is 354 g/mol. The van der Waals surface area contributed by atoms with Crippen LogP contribution in [0.5, 0.6) is 0 Å². The number of aromatic nitrogens is 1. The van der Waals surface area contributed by atoms with Crippen molar-refractivity contribution in [3.05, 3.63) is 65.9 Å². The van der Waals surface area contributed by atoms with Gasteiger partial charge in [-0.15, -0.1) is 0 Å². The molecule has 1 fully saturated rings. The summed E-state index contributed by atoms with van der Waals surface area (Å²) in [7, 11) is -3.59. The molecule has 0 spiro atoms. The molecule has 5 heteroatoms. The topological polar surface area (TPSA) is 51.1 Å². The summed E-state index contributed by atoms with van der Waals surface area (Å²) in [6.45, 7) is 6.18. The molecule has 1 aliphatic rings. The fourth-order valence-corrected chi connectivity index (χ4v) is 4.62. The normalized spacial score (nSPS) is 15.6. The highest BCUT2D eigenvalue weighted by Gasteiger charge is 2.22. The van der Waals surface area contributed by atoms with E-state index in [0.717, 1.165) is 29.6 Å². The molecular weight excluding hydrogens is 332 g/mol. The lowest BCUT2D eigenvalue weighted by Crippen LogP contribution is -2.39. The van der Waals surface area contributed by atoms with Crippen molar-refractivity contribution in [1.29, 1.82) is 0 Å². The molecule has 25 heavy (non-hydrogen) atoms. The number of fused-ring (bicyclic) bond motifs is 1. The summed E-state index contributed by atoms with van der Waals surface area (Å²) in [6.07, 6.45) is 1.65. The predicted octanol–water partition coefficient (Wildman–Crippen LogP) is 3.69. The molecule has 4 rings (SSSR count). The molecule has 130 valence electrons. The van der Waals surface area contributed by atoms with Crippen LogP contribution in [0.3, 0.4) is 0 Å². The van der Waals surface area contributed by atoms with Crippen molar-refractivity contribution in [3.8, 4) is 0 Å². The van der Waals surface area contributed by atoms with Gasteiger partial charge in [-0.3, -0.25) is 0 Å². The Morgan fingerprint density at radius 3 is 2.36 bits per heavy atom. The van der Waals surface area contributed by atoms with Gasteiger partial charge in [0.2, 0.25) is 0 Å². The number of nitrogens with zero attached hydrogens (tertiary/aromatic N) is 1. The molecule has 2 heterocycles. The summed E-state index contributed by atoms with van der Waals surface area (Å²) in [6, 6.07) is 15.1. The maximum Gasteiger partial charge on any atom is 0.268 e. The molecule has 0 unspecified atom stereocenters. The second kappa shape index (κ2) is 6.00. The molecular formula is C20H22N2O2S. The van der Waals surface area contributed by atoms with Gasteiger partial charge in [-0.25, -0.2) is 12.4 Å². The molecule has 3 aromatic rings. The summed E-state index contributed by atoms with van der Waals surface area (Å²) in [5.74, 6) is 0.913. The van der Waals surface area contributed by atoms with E-state index in [1.807, 2.05) is 30.3 Å². The van der Waals surface area contributed by atoms with Gasteiger partial charge in [0.1, 0.15) is 0 Å². The smallest absolute Gasteiger partial charge is 0.268 e. The lowest BCUT2D eigenvalue weighted by atomic mass is 9.93. The van der Waals surface area contributed by atoms with Crippen molar-refractivity contribution >= 4 is 20.9 Å². The third-order valence-corrected chi connectivity index (χ3v) is 6.74. The Labute approximate surface area is 148 Å². The van der Waals surface area contributed by atoms with Crippen LogP contribution in [-0.2, 0) is 10.0 Å². The van der Waals surface area contributed by atoms with Gasteiger partial charge in [0.15, 0.2) is 0 Å². The first-order valence-corrected chi connectivity index (χ1v) is 10.1. The lowest BCUT2D eigenvalue weighted by molar-refractivity contribution is 0.449. The molecule has 0 aliphatic carbocycles. The van der Waals surface area contributed by atoms with E-state index in [4.69, 9.17) is 0 Å². The molecule has 1 saturated heterocycles. The number of hydrogen-bond donors (Lipinski definition) is 1. The van der Waals surface area contributed by atoms with E-state index >= 15 is 0 Å². The summed E-state index contributed by atoms with van der Waals surface area (Å²) in [5.41, 5.74) is 3.13. The summed E-state index contributed by atoms with van der Waals surface area (Å²) >= 11 is 0. The maximum absolute atomic E-state index is 13.0. The molecule has 1 aromatic heterocycles. The van der Waals surface area contributed by atoms with Crippen LogP contribution in [0.15, 0.2) is 59.6 Å². The SMILES string of the molecule is CC(C)c1ccc(S(=O)(=O)n2ccc3cc(C4CNC4)ccc32)cc1. The third-order valence-electron chi connectivity index (χ3n) is 5.03. The lowest BCUT2D eigenvalue weighted by Gasteiger charge is -2.27. The minimum Gasteiger partial charge on any atom is -0.315 e. The van der Waals surface area contributed by atoms with Gasteiger partial charge in [0.25, 0.3) is 10.0 Å². The zero-order valence-electron chi connectivity index (χ0n) is 14.4. The van der Waals surface area contributed by atoms with Crippen molar-refractivity contribution in [1.82, 2.24) is 9.29 Å². The molecule has 4 nitrogen and oxygen atoms in total. The highest BCUT2D eigenvalue weighted by atomic mass is 32.2. The van der Waals surface area contributed by atoms with Crippen molar-refractivity contribution in [2.24, 2.45) is 0 Å². The number of hydrogen-bond acceptors (Lipinski definition) is 3. The van der Waals surface area contributed by atoms with Crippen molar-refractivity contribution in [2.45, 2.75) is 30.6 Å². The van der Waals surface area contributed by atoms with E-state index in [9.17, 15) is 8.42 Å². The molecule has 0 amide bonds. The first-order chi connectivity index (χ1) is 12.0. The highest BCUT2D eigenvalue weighted by Crippen LogP contribution is 2.28. The fraction of sp³-hybridized carbons (Fsp3) is 0.300. The van der Waals surface area contributed by atoms with E-state index in [-0.39, 0.29) is 0 Å². The van der Waals surface area contributed by atoms with E-state index in [1.54, 1.807) is 18.3 Å². The van der Waals surface area contributed by atoms with Crippen LogP contribution in [0, 0.1) is 0 Å². The highest BCUT2D eigenvalue weighted by molar-refractivity contribution is 7.90. The van der Waals surface area contributed by atoms with Gasteiger partial charge in [0, 0.05) is 30.6 Å². The quantitative estimate of drug-likeness (QED) is 0.777. The Bertz CT molecular complexity index is 1010. The summed E-state index contributed by atoms with van der Waals surface area (Å²) < 4.78 is 27.4. The third kappa shape index (κ3) is 2.77. The van der Waals surface area contributed by atoms with Gasteiger partial charge in [-0.1, -0.05) is 32.0 Å². The summed E-state index contributed by atoms with van der Waals surface area (Å²) in [5, 5.41) is 4.23. The van der Waals surface area contributed by atoms with Crippen LogP contribution in [0.2, 0.25) is 0 Å². The molecule has 0 saturated carbocycles. The average Bonchev–Trinajstić information content (AvgIpc) is 2.97. The fourth-order valence-electron chi connectivity index (χ4n) is 3.26. The van der Waals surface area contributed by atoms with Crippen molar-refractivity contribution < 1.29 is 8.42 Å².